The fourth-order valence-electron chi connectivity index (χ4n) is 2.14. The summed E-state index contributed by atoms with van der Waals surface area (Å²) < 4.78 is 17.0. The number of esters is 1. The molecule has 0 bridgehead atoms. The average molecular weight is 345 g/mol. The number of rotatable bonds is 7. The Morgan fingerprint density at radius 1 is 1.04 bits per heavy atom. The van der Waals surface area contributed by atoms with Crippen LogP contribution < -0.4 is 5.32 Å². The maximum atomic E-state index is 12.3. The molecule has 1 amide bonds. The molecule has 0 aliphatic rings. The number of methoxy groups -OCH3 is 1. The van der Waals surface area contributed by atoms with Gasteiger partial charge in [-0.3, -0.25) is 9.00 Å². The standard InChI is InChI=1S/C18H19NO4S/c1-23-18(21)16(19-17(20)14-8-4-2-5-9-14)12-13-24(22)15-10-6-3-7-11-15/h2-11,16H,12-13H2,1H3,(H,19,20)/t16-,24-/m1/s1. The van der Waals surface area contributed by atoms with Crippen LogP contribution in [-0.4, -0.2) is 35.0 Å². The maximum Gasteiger partial charge on any atom is 0.328 e. The topological polar surface area (TPSA) is 72.5 Å². The van der Waals surface area contributed by atoms with Crippen molar-refractivity contribution in [2.45, 2.75) is 17.4 Å². The second kappa shape index (κ2) is 8.98. The number of hydrogen-bond acceptors (Lipinski definition) is 4. The Kier molecular flexibility index (Phi) is 6.69. The molecule has 24 heavy (non-hydrogen) atoms. The summed E-state index contributed by atoms with van der Waals surface area (Å²) in [4.78, 5) is 24.8. The molecule has 2 atom stereocenters. The number of nitrogens with one attached hydrogen (secondary N) is 1. The van der Waals surface area contributed by atoms with E-state index in [2.05, 4.69) is 5.32 Å². The number of hydrogen-bond donors (Lipinski definition) is 1. The molecule has 0 aliphatic carbocycles. The number of amides is 1. The summed E-state index contributed by atoms with van der Waals surface area (Å²) in [6.45, 7) is 0. The third-order valence-corrected chi connectivity index (χ3v) is 4.83. The van der Waals surface area contributed by atoms with Crippen LogP contribution in [0.15, 0.2) is 65.6 Å². The summed E-state index contributed by atoms with van der Waals surface area (Å²) in [7, 11) is 0.0212. The van der Waals surface area contributed by atoms with E-state index < -0.39 is 22.8 Å². The molecule has 0 unspecified atom stereocenters. The highest BCUT2D eigenvalue weighted by Gasteiger charge is 2.23. The van der Waals surface area contributed by atoms with E-state index in [1.165, 1.54) is 7.11 Å². The lowest BCUT2D eigenvalue weighted by molar-refractivity contribution is -0.142. The van der Waals surface area contributed by atoms with Crippen LogP contribution in [0.4, 0.5) is 0 Å². The molecule has 2 aromatic rings. The first-order chi connectivity index (χ1) is 11.6. The van der Waals surface area contributed by atoms with Gasteiger partial charge in [0.2, 0.25) is 0 Å². The van der Waals surface area contributed by atoms with Crippen LogP contribution >= 0.6 is 0 Å². The van der Waals surface area contributed by atoms with Crippen LogP contribution in [-0.2, 0) is 20.3 Å². The molecule has 2 rings (SSSR count). The minimum atomic E-state index is -1.24. The molecular formula is C18H19NO4S. The summed E-state index contributed by atoms with van der Waals surface area (Å²) in [6.07, 6.45) is 0.229. The van der Waals surface area contributed by atoms with E-state index in [1.807, 2.05) is 18.2 Å². The first-order valence-corrected chi connectivity index (χ1v) is 8.81. The molecule has 2 aromatic carbocycles. The summed E-state index contributed by atoms with van der Waals surface area (Å²) in [5.74, 6) is -0.667. The van der Waals surface area contributed by atoms with Crippen LogP contribution in [0.1, 0.15) is 16.8 Å². The van der Waals surface area contributed by atoms with E-state index in [-0.39, 0.29) is 18.1 Å². The Morgan fingerprint density at radius 2 is 1.62 bits per heavy atom. The highest BCUT2D eigenvalue weighted by molar-refractivity contribution is 7.85. The van der Waals surface area contributed by atoms with Crippen LogP contribution in [0.5, 0.6) is 0 Å². The van der Waals surface area contributed by atoms with Crippen molar-refractivity contribution in [2.75, 3.05) is 12.9 Å². The van der Waals surface area contributed by atoms with Crippen LogP contribution in [0.3, 0.4) is 0 Å². The molecule has 0 heterocycles. The van der Waals surface area contributed by atoms with Gasteiger partial charge in [-0.2, -0.15) is 0 Å². The van der Waals surface area contributed by atoms with Gasteiger partial charge in [0, 0.05) is 16.2 Å². The molecule has 0 saturated carbocycles. The molecule has 126 valence electrons. The van der Waals surface area contributed by atoms with Gasteiger partial charge >= 0.3 is 5.97 Å². The minimum Gasteiger partial charge on any atom is -0.467 e. The lowest BCUT2D eigenvalue weighted by Gasteiger charge is -2.16. The van der Waals surface area contributed by atoms with Crippen molar-refractivity contribution >= 4 is 22.7 Å². The highest BCUT2D eigenvalue weighted by atomic mass is 32.2. The largest absolute Gasteiger partial charge is 0.467 e. The Bertz CT molecular complexity index is 703. The van der Waals surface area contributed by atoms with Gasteiger partial charge in [-0.15, -0.1) is 0 Å². The molecule has 0 fully saturated rings. The third kappa shape index (κ3) is 5.03. The maximum absolute atomic E-state index is 12.3. The van der Waals surface area contributed by atoms with E-state index in [1.54, 1.807) is 42.5 Å². The van der Waals surface area contributed by atoms with Gasteiger partial charge in [0.1, 0.15) is 6.04 Å². The summed E-state index contributed by atoms with van der Waals surface area (Å²) >= 11 is 0. The Balaban J connectivity index is 2.00. The predicted molar refractivity (Wildman–Crippen MR) is 92.0 cm³/mol. The zero-order valence-corrected chi connectivity index (χ0v) is 14.1. The second-order valence-corrected chi connectivity index (χ2v) is 6.64. The Morgan fingerprint density at radius 3 is 2.21 bits per heavy atom. The van der Waals surface area contributed by atoms with Gasteiger partial charge in [0.15, 0.2) is 0 Å². The van der Waals surface area contributed by atoms with Crippen LogP contribution in [0.25, 0.3) is 0 Å². The lowest BCUT2D eigenvalue weighted by atomic mass is 10.1. The van der Waals surface area contributed by atoms with Gasteiger partial charge in [-0.05, 0) is 30.7 Å². The molecular weight excluding hydrogens is 326 g/mol. The van der Waals surface area contributed by atoms with E-state index in [4.69, 9.17) is 4.74 Å². The van der Waals surface area contributed by atoms with Crippen molar-refractivity contribution in [3.63, 3.8) is 0 Å². The van der Waals surface area contributed by atoms with Crippen molar-refractivity contribution < 1.29 is 18.5 Å². The van der Waals surface area contributed by atoms with Crippen molar-refractivity contribution in [3.05, 3.63) is 66.2 Å². The van der Waals surface area contributed by atoms with E-state index in [0.29, 0.717) is 10.5 Å². The summed E-state index contributed by atoms with van der Waals surface area (Å²) in [5.41, 5.74) is 0.454. The molecule has 0 radical (unpaired) electrons. The molecule has 0 aliphatic heterocycles. The zero-order valence-electron chi connectivity index (χ0n) is 13.3. The Hall–Kier alpha value is -2.47. The zero-order chi connectivity index (χ0) is 17.4. The molecule has 0 aromatic heterocycles. The normalized spacial score (nSPS) is 12.9. The van der Waals surface area contributed by atoms with Crippen molar-refractivity contribution in [1.29, 1.82) is 0 Å². The average Bonchev–Trinajstić information content (AvgIpc) is 2.65. The lowest BCUT2D eigenvalue weighted by Crippen LogP contribution is -2.42. The molecule has 0 saturated heterocycles. The smallest absolute Gasteiger partial charge is 0.328 e. The monoisotopic (exact) mass is 345 g/mol. The van der Waals surface area contributed by atoms with E-state index in [0.717, 1.165) is 0 Å². The van der Waals surface area contributed by atoms with Gasteiger partial charge in [0.05, 0.1) is 17.9 Å². The second-order valence-electron chi connectivity index (χ2n) is 5.07. The van der Waals surface area contributed by atoms with Crippen LogP contribution in [0, 0.1) is 0 Å². The van der Waals surface area contributed by atoms with Crippen molar-refractivity contribution in [2.24, 2.45) is 0 Å². The van der Waals surface area contributed by atoms with Gasteiger partial charge in [0.25, 0.3) is 5.91 Å². The number of benzene rings is 2. The van der Waals surface area contributed by atoms with Crippen LogP contribution in [0.2, 0.25) is 0 Å². The van der Waals surface area contributed by atoms with E-state index >= 15 is 0 Å². The fourth-order valence-corrected chi connectivity index (χ4v) is 3.28. The summed E-state index contributed by atoms with van der Waals surface area (Å²) in [6, 6.07) is 16.8. The molecule has 1 N–H and O–H groups in total. The quantitative estimate of drug-likeness (QED) is 0.781. The number of carbonyl (C=O) groups excluding carboxylic acids is 2. The minimum absolute atomic E-state index is 0.229. The van der Waals surface area contributed by atoms with Gasteiger partial charge in [-0.25, -0.2) is 4.79 Å². The molecule has 6 heteroatoms. The third-order valence-electron chi connectivity index (χ3n) is 3.43. The SMILES string of the molecule is COC(=O)[C@@H](CC[S@@](=O)c1ccccc1)NC(=O)c1ccccc1. The first-order valence-electron chi connectivity index (χ1n) is 7.49. The molecule has 0 spiro atoms. The first kappa shape index (κ1) is 17.9. The van der Waals surface area contributed by atoms with Crippen molar-refractivity contribution in [3.8, 4) is 0 Å². The molecule has 5 nitrogen and oxygen atoms in total. The Labute approximate surface area is 143 Å². The number of carbonyl (C=O) groups is 2. The predicted octanol–water partition coefficient (Wildman–Crippen LogP) is 2.16. The fraction of sp³-hybridized carbons (Fsp3) is 0.222. The van der Waals surface area contributed by atoms with Gasteiger partial charge in [-0.1, -0.05) is 36.4 Å². The summed E-state index contributed by atoms with van der Waals surface area (Å²) in [5, 5.41) is 2.64. The highest BCUT2D eigenvalue weighted by Crippen LogP contribution is 2.09. The van der Waals surface area contributed by atoms with Crippen molar-refractivity contribution in [1.82, 2.24) is 5.32 Å². The van der Waals surface area contributed by atoms with Gasteiger partial charge < -0.3 is 10.1 Å². The number of ether oxygens (including phenoxy) is 1. The van der Waals surface area contributed by atoms with E-state index in [9.17, 15) is 13.8 Å².